The zero-order valence-corrected chi connectivity index (χ0v) is 13.6. The van der Waals surface area contributed by atoms with Crippen LogP contribution in [0, 0.1) is 0 Å². The molecule has 1 amide bonds. The zero-order chi connectivity index (χ0) is 14.2. The van der Waals surface area contributed by atoms with Crippen molar-refractivity contribution in [3.05, 3.63) is 0 Å². The summed E-state index contributed by atoms with van der Waals surface area (Å²) in [5, 5.41) is 2.68. The number of alkyl halides is 1. The fourth-order valence-corrected chi connectivity index (χ4v) is 1.89. The largest absolute Gasteiger partial charge is 0.468 e. The number of alkyl carbamates (subject to hydrolysis) is 1. The minimum atomic E-state index is -0.470. The second-order valence-corrected chi connectivity index (χ2v) is 6.42. The molecule has 0 aliphatic carbocycles. The lowest BCUT2D eigenvalue weighted by Gasteiger charge is -2.19. The maximum absolute atomic E-state index is 11.3. The van der Waals surface area contributed by atoms with Gasteiger partial charge in [-0.25, -0.2) is 4.79 Å². The summed E-state index contributed by atoms with van der Waals surface area (Å²) in [5.74, 6) is -0.198. The fraction of sp³-hybridized carbons (Fsp3) is 0.833. The molecule has 5 nitrogen and oxygen atoms in total. The normalized spacial score (nSPS) is 12.7. The molecular weight excluding hydrogens is 349 g/mol. The maximum atomic E-state index is 11.3. The Bertz CT molecular complexity index is 276. The highest BCUT2D eigenvalue weighted by Crippen LogP contribution is 2.12. The van der Waals surface area contributed by atoms with Crippen LogP contribution in [0.15, 0.2) is 0 Å². The first-order chi connectivity index (χ1) is 8.26. The van der Waals surface area contributed by atoms with E-state index in [1.54, 1.807) is 0 Å². The van der Waals surface area contributed by atoms with E-state index >= 15 is 0 Å². The minimum absolute atomic E-state index is 0.117. The SMILES string of the molecule is COC(=O)[C@@H](I)CCCCNC(=O)OC(C)(C)C. The number of esters is 1. The van der Waals surface area contributed by atoms with E-state index < -0.39 is 11.7 Å². The molecule has 0 aliphatic heterocycles. The number of rotatable bonds is 6. The van der Waals surface area contributed by atoms with Crippen LogP contribution in [0.5, 0.6) is 0 Å². The number of methoxy groups -OCH3 is 1. The van der Waals surface area contributed by atoms with Gasteiger partial charge in [-0.1, -0.05) is 29.0 Å². The highest BCUT2D eigenvalue weighted by Gasteiger charge is 2.16. The molecule has 1 N–H and O–H groups in total. The Hall–Kier alpha value is -0.530. The number of ether oxygens (including phenoxy) is 2. The lowest BCUT2D eigenvalue weighted by molar-refractivity contribution is -0.139. The fourth-order valence-electron chi connectivity index (χ4n) is 1.20. The molecular formula is C12H22INO4. The molecule has 0 bridgehead atoms. The third kappa shape index (κ3) is 9.49. The molecule has 6 heteroatoms. The Kier molecular flexibility index (Phi) is 8.30. The van der Waals surface area contributed by atoms with E-state index in [9.17, 15) is 9.59 Å². The highest BCUT2D eigenvalue weighted by atomic mass is 127. The van der Waals surface area contributed by atoms with Crippen LogP contribution in [-0.4, -0.2) is 35.2 Å². The van der Waals surface area contributed by atoms with Gasteiger partial charge in [-0.05, 0) is 33.6 Å². The van der Waals surface area contributed by atoms with Crippen LogP contribution in [0.25, 0.3) is 0 Å². The second-order valence-electron chi connectivity index (χ2n) is 4.92. The van der Waals surface area contributed by atoms with Gasteiger partial charge in [-0.3, -0.25) is 4.79 Å². The number of hydrogen-bond acceptors (Lipinski definition) is 4. The van der Waals surface area contributed by atoms with Crippen LogP contribution in [-0.2, 0) is 14.3 Å². The summed E-state index contributed by atoms with van der Waals surface area (Å²) in [6.07, 6.45) is 2.03. The van der Waals surface area contributed by atoms with Gasteiger partial charge in [0.1, 0.15) is 9.53 Å². The van der Waals surface area contributed by atoms with Gasteiger partial charge in [0, 0.05) is 6.54 Å². The maximum Gasteiger partial charge on any atom is 0.407 e. The topological polar surface area (TPSA) is 64.6 Å². The van der Waals surface area contributed by atoms with E-state index in [1.807, 2.05) is 20.8 Å². The Morgan fingerprint density at radius 2 is 1.89 bits per heavy atom. The van der Waals surface area contributed by atoms with E-state index in [0.29, 0.717) is 6.54 Å². The van der Waals surface area contributed by atoms with Gasteiger partial charge in [-0.2, -0.15) is 0 Å². The number of carbonyl (C=O) groups excluding carboxylic acids is 2. The van der Waals surface area contributed by atoms with Crippen molar-refractivity contribution in [2.75, 3.05) is 13.7 Å². The molecule has 0 rings (SSSR count). The zero-order valence-electron chi connectivity index (χ0n) is 11.4. The molecule has 0 unspecified atom stereocenters. The standard InChI is InChI=1S/C12H22INO4/c1-12(2,3)18-11(16)14-8-6-5-7-9(13)10(15)17-4/h9H,5-8H2,1-4H3,(H,14,16)/t9-/m0/s1. The van der Waals surface area contributed by atoms with Crippen molar-refractivity contribution in [1.29, 1.82) is 0 Å². The molecule has 0 spiro atoms. The molecule has 0 aromatic heterocycles. The number of amides is 1. The van der Waals surface area contributed by atoms with Gasteiger partial charge in [-0.15, -0.1) is 0 Å². The summed E-state index contributed by atoms with van der Waals surface area (Å²) in [6.45, 7) is 6.02. The average Bonchev–Trinajstić information content (AvgIpc) is 2.24. The molecule has 1 atom stereocenters. The van der Waals surface area contributed by atoms with E-state index in [-0.39, 0.29) is 9.89 Å². The summed E-state index contributed by atoms with van der Waals surface area (Å²) in [5.41, 5.74) is -0.470. The molecule has 0 saturated carbocycles. The van der Waals surface area contributed by atoms with Crippen LogP contribution in [0.3, 0.4) is 0 Å². The first kappa shape index (κ1) is 17.5. The van der Waals surface area contributed by atoms with Crippen LogP contribution >= 0.6 is 22.6 Å². The quantitative estimate of drug-likeness (QED) is 0.338. The lowest BCUT2D eigenvalue weighted by Crippen LogP contribution is -2.33. The number of hydrogen-bond donors (Lipinski definition) is 1. The molecule has 0 saturated heterocycles. The van der Waals surface area contributed by atoms with Crippen LogP contribution in [0.2, 0.25) is 0 Å². The number of nitrogens with one attached hydrogen (secondary N) is 1. The number of carbonyl (C=O) groups is 2. The molecule has 18 heavy (non-hydrogen) atoms. The summed E-state index contributed by atoms with van der Waals surface area (Å²) in [7, 11) is 1.39. The first-order valence-corrected chi connectivity index (χ1v) is 7.19. The van der Waals surface area contributed by atoms with Gasteiger partial charge < -0.3 is 14.8 Å². The Morgan fingerprint density at radius 1 is 1.28 bits per heavy atom. The predicted octanol–water partition coefficient (Wildman–Crippen LogP) is 2.66. The van der Waals surface area contributed by atoms with E-state index in [1.165, 1.54) is 7.11 Å². The molecule has 0 aromatic carbocycles. The smallest absolute Gasteiger partial charge is 0.407 e. The molecule has 0 radical (unpaired) electrons. The molecule has 0 aliphatic rings. The second kappa shape index (κ2) is 8.55. The van der Waals surface area contributed by atoms with Gasteiger partial charge in [0.25, 0.3) is 0 Å². The van der Waals surface area contributed by atoms with Crippen LogP contribution in [0.1, 0.15) is 40.0 Å². The van der Waals surface area contributed by atoms with Crippen molar-refractivity contribution in [2.24, 2.45) is 0 Å². The van der Waals surface area contributed by atoms with Crippen LogP contribution < -0.4 is 5.32 Å². The molecule has 0 fully saturated rings. The Morgan fingerprint density at radius 3 is 2.39 bits per heavy atom. The number of unbranched alkanes of at least 4 members (excludes halogenated alkanes) is 1. The predicted molar refractivity (Wildman–Crippen MR) is 77.9 cm³/mol. The highest BCUT2D eigenvalue weighted by molar-refractivity contribution is 14.1. The van der Waals surface area contributed by atoms with Crippen molar-refractivity contribution in [3.63, 3.8) is 0 Å². The van der Waals surface area contributed by atoms with E-state index in [0.717, 1.165) is 19.3 Å². The van der Waals surface area contributed by atoms with Crippen molar-refractivity contribution >= 4 is 34.7 Å². The lowest BCUT2D eigenvalue weighted by atomic mass is 10.2. The Labute approximate surface area is 122 Å². The summed E-state index contributed by atoms with van der Waals surface area (Å²) >= 11 is 2.06. The minimum Gasteiger partial charge on any atom is -0.468 e. The van der Waals surface area contributed by atoms with Crippen molar-refractivity contribution < 1.29 is 19.1 Å². The van der Waals surface area contributed by atoms with Gasteiger partial charge in [0.2, 0.25) is 0 Å². The average molecular weight is 371 g/mol. The molecule has 0 heterocycles. The molecule has 106 valence electrons. The van der Waals surface area contributed by atoms with Gasteiger partial charge in [0.05, 0.1) is 7.11 Å². The van der Waals surface area contributed by atoms with E-state index in [2.05, 4.69) is 32.6 Å². The monoisotopic (exact) mass is 371 g/mol. The van der Waals surface area contributed by atoms with Crippen molar-refractivity contribution in [3.8, 4) is 0 Å². The summed E-state index contributed by atoms with van der Waals surface area (Å²) in [4.78, 5) is 22.4. The first-order valence-electron chi connectivity index (χ1n) is 5.95. The van der Waals surface area contributed by atoms with Crippen molar-refractivity contribution in [1.82, 2.24) is 5.32 Å². The number of halogens is 1. The van der Waals surface area contributed by atoms with E-state index in [4.69, 9.17) is 4.74 Å². The van der Waals surface area contributed by atoms with Gasteiger partial charge >= 0.3 is 12.1 Å². The summed E-state index contributed by atoms with van der Waals surface area (Å²) < 4.78 is 9.60. The van der Waals surface area contributed by atoms with Gasteiger partial charge in [0.15, 0.2) is 0 Å². The third-order valence-electron chi connectivity index (χ3n) is 2.01. The third-order valence-corrected chi connectivity index (χ3v) is 3.14. The summed E-state index contributed by atoms with van der Waals surface area (Å²) in [6, 6.07) is 0. The molecule has 0 aromatic rings. The van der Waals surface area contributed by atoms with Crippen molar-refractivity contribution in [2.45, 2.75) is 49.6 Å². The van der Waals surface area contributed by atoms with Crippen LogP contribution in [0.4, 0.5) is 4.79 Å². The Balaban J connectivity index is 3.57.